The van der Waals surface area contributed by atoms with Gasteiger partial charge < -0.3 is 14.3 Å². The number of hydrogen-bond donors (Lipinski definition) is 0. The average Bonchev–Trinajstić information content (AvgIpc) is 3.50. The Bertz CT molecular complexity index is 1020. The zero-order valence-corrected chi connectivity index (χ0v) is 16.5. The van der Waals surface area contributed by atoms with E-state index in [-0.39, 0.29) is 5.91 Å². The van der Waals surface area contributed by atoms with E-state index in [0.29, 0.717) is 35.4 Å². The minimum atomic E-state index is -0.0258. The maximum Gasteiger partial charge on any atom is 0.255 e. The summed E-state index contributed by atoms with van der Waals surface area (Å²) in [7, 11) is 0. The zero-order valence-electron chi connectivity index (χ0n) is 15.8. The van der Waals surface area contributed by atoms with Crippen LogP contribution in [0.2, 0.25) is 5.02 Å². The number of carbonyl (C=O) groups excluding carboxylic acids is 1. The first-order valence-electron chi connectivity index (χ1n) is 9.78. The number of halogens is 1. The molecule has 0 atom stereocenters. The van der Waals surface area contributed by atoms with Crippen molar-refractivity contribution in [2.45, 2.75) is 18.8 Å². The highest BCUT2D eigenvalue weighted by molar-refractivity contribution is 6.33. The molecule has 3 aromatic rings. The van der Waals surface area contributed by atoms with Gasteiger partial charge in [-0.3, -0.25) is 4.79 Å². The topological polar surface area (TPSA) is 75.4 Å². The molecule has 0 spiro atoms. The van der Waals surface area contributed by atoms with Gasteiger partial charge in [0.15, 0.2) is 0 Å². The van der Waals surface area contributed by atoms with E-state index in [9.17, 15) is 4.79 Å². The SMILES string of the molecule is O=C(c1ccccc1Cl)N1CCN(c2ccc(-c3noc(C4CC4)n3)cn2)CC1. The van der Waals surface area contributed by atoms with Gasteiger partial charge in [-0.25, -0.2) is 4.98 Å². The molecule has 1 aliphatic carbocycles. The Morgan fingerprint density at radius 3 is 2.55 bits per heavy atom. The average molecular weight is 410 g/mol. The number of aromatic nitrogens is 3. The van der Waals surface area contributed by atoms with Crippen molar-refractivity contribution < 1.29 is 9.32 Å². The molecule has 3 heterocycles. The van der Waals surface area contributed by atoms with E-state index in [4.69, 9.17) is 16.1 Å². The predicted octanol–water partition coefficient (Wildman–Crippen LogP) is 3.62. The van der Waals surface area contributed by atoms with Crippen LogP contribution < -0.4 is 4.90 Å². The number of anilines is 1. The van der Waals surface area contributed by atoms with Gasteiger partial charge in [-0.15, -0.1) is 0 Å². The molecule has 1 saturated carbocycles. The number of benzene rings is 1. The molecule has 2 aliphatic rings. The normalized spacial score (nSPS) is 16.9. The van der Waals surface area contributed by atoms with Gasteiger partial charge in [-0.1, -0.05) is 28.9 Å². The van der Waals surface area contributed by atoms with E-state index >= 15 is 0 Å². The Morgan fingerprint density at radius 1 is 1.07 bits per heavy atom. The first kappa shape index (κ1) is 18.1. The third kappa shape index (κ3) is 3.70. The van der Waals surface area contributed by atoms with Gasteiger partial charge in [0.05, 0.1) is 10.6 Å². The zero-order chi connectivity index (χ0) is 19.8. The van der Waals surface area contributed by atoms with Crippen molar-refractivity contribution in [3.8, 4) is 11.4 Å². The van der Waals surface area contributed by atoms with Crippen molar-refractivity contribution in [3.63, 3.8) is 0 Å². The lowest BCUT2D eigenvalue weighted by molar-refractivity contribution is 0.0746. The summed E-state index contributed by atoms with van der Waals surface area (Å²) in [5.41, 5.74) is 1.40. The molecule has 5 rings (SSSR count). The number of amides is 1. The third-order valence-corrected chi connectivity index (χ3v) is 5.70. The first-order valence-corrected chi connectivity index (χ1v) is 10.2. The second kappa shape index (κ2) is 7.48. The third-order valence-electron chi connectivity index (χ3n) is 5.37. The van der Waals surface area contributed by atoms with Crippen LogP contribution in [0.1, 0.15) is 35.0 Å². The van der Waals surface area contributed by atoms with E-state index in [1.54, 1.807) is 18.3 Å². The highest BCUT2D eigenvalue weighted by Gasteiger charge is 2.30. The summed E-state index contributed by atoms with van der Waals surface area (Å²) in [5, 5.41) is 4.55. The summed E-state index contributed by atoms with van der Waals surface area (Å²) in [4.78, 5) is 25.7. The highest BCUT2D eigenvalue weighted by Crippen LogP contribution is 2.39. The van der Waals surface area contributed by atoms with Crippen LogP contribution in [0.25, 0.3) is 11.4 Å². The van der Waals surface area contributed by atoms with Crippen molar-refractivity contribution >= 4 is 23.3 Å². The molecule has 1 saturated heterocycles. The van der Waals surface area contributed by atoms with Crippen LogP contribution in [0.5, 0.6) is 0 Å². The lowest BCUT2D eigenvalue weighted by atomic mass is 10.1. The van der Waals surface area contributed by atoms with E-state index in [2.05, 4.69) is 20.0 Å². The van der Waals surface area contributed by atoms with Gasteiger partial charge in [0, 0.05) is 43.9 Å². The molecule has 29 heavy (non-hydrogen) atoms. The highest BCUT2D eigenvalue weighted by atomic mass is 35.5. The van der Waals surface area contributed by atoms with Gasteiger partial charge in [-0.05, 0) is 37.1 Å². The Morgan fingerprint density at radius 2 is 1.86 bits per heavy atom. The van der Waals surface area contributed by atoms with Crippen LogP contribution in [0.15, 0.2) is 47.1 Å². The fourth-order valence-electron chi connectivity index (χ4n) is 3.50. The summed E-state index contributed by atoms with van der Waals surface area (Å²) in [5.74, 6) is 2.60. The molecule has 1 amide bonds. The maximum absolute atomic E-state index is 12.7. The van der Waals surface area contributed by atoms with Crippen molar-refractivity contribution in [1.29, 1.82) is 0 Å². The van der Waals surface area contributed by atoms with Gasteiger partial charge in [0.25, 0.3) is 5.91 Å². The maximum atomic E-state index is 12.7. The number of pyridine rings is 1. The van der Waals surface area contributed by atoms with E-state index in [0.717, 1.165) is 43.2 Å². The summed E-state index contributed by atoms with van der Waals surface area (Å²) < 4.78 is 5.32. The molecule has 0 unspecified atom stereocenters. The lowest BCUT2D eigenvalue weighted by Gasteiger charge is -2.35. The molecule has 148 valence electrons. The number of piperazine rings is 1. The lowest BCUT2D eigenvalue weighted by Crippen LogP contribution is -2.49. The van der Waals surface area contributed by atoms with Gasteiger partial charge in [0.1, 0.15) is 5.82 Å². The monoisotopic (exact) mass is 409 g/mol. The molecule has 2 fully saturated rings. The molecule has 7 nitrogen and oxygen atoms in total. The Hall–Kier alpha value is -2.93. The Balaban J connectivity index is 1.22. The van der Waals surface area contributed by atoms with Crippen molar-refractivity contribution in [2.24, 2.45) is 0 Å². The Kier molecular flexibility index (Phi) is 4.67. The fourth-order valence-corrected chi connectivity index (χ4v) is 3.71. The smallest absolute Gasteiger partial charge is 0.255 e. The Labute approximate surface area is 173 Å². The summed E-state index contributed by atoms with van der Waals surface area (Å²) >= 11 is 6.17. The fraction of sp³-hybridized carbons (Fsp3) is 0.333. The van der Waals surface area contributed by atoms with Crippen LogP contribution in [-0.4, -0.2) is 52.1 Å². The minimum Gasteiger partial charge on any atom is -0.353 e. The second-order valence-electron chi connectivity index (χ2n) is 7.39. The summed E-state index contributed by atoms with van der Waals surface area (Å²) in [6.45, 7) is 2.69. The number of rotatable bonds is 4. The first-order chi connectivity index (χ1) is 14.2. The van der Waals surface area contributed by atoms with Crippen molar-refractivity contribution in [3.05, 3.63) is 59.1 Å². The largest absolute Gasteiger partial charge is 0.353 e. The molecular weight excluding hydrogens is 390 g/mol. The van der Waals surface area contributed by atoms with Crippen LogP contribution in [0.4, 0.5) is 5.82 Å². The van der Waals surface area contributed by atoms with Crippen LogP contribution in [0.3, 0.4) is 0 Å². The van der Waals surface area contributed by atoms with Crippen LogP contribution in [0, 0.1) is 0 Å². The molecular formula is C21H20ClN5O2. The number of nitrogens with zero attached hydrogens (tertiary/aromatic N) is 5. The van der Waals surface area contributed by atoms with Crippen molar-refractivity contribution in [2.75, 3.05) is 31.1 Å². The molecule has 8 heteroatoms. The molecule has 0 bridgehead atoms. The predicted molar refractivity (Wildman–Crippen MR) is 109 cm³/mol. The van der Waals surface area contributed by atoms with Crippen molar-refractivity contribution in [1.82, 2.24) is 20.0 Å². The summed E-state index contributed by atoms with van der Waals surface area (Å²) in [6, 6.07) is 11.1. The van der Waals surface area contributed by atoms with E-state index in [1.807, 2.05) is 29.2 Å². The molecule has 2 aromatic heterocycles. The summed E-state index contributed by atoms with van der Waals surface area (Å²) in [6.07, 6.45) is 4.03. The van der Waals surface area contributed by atoms with E-state index in [1.165, 1.54) is 0 Å². The standard InChI is InChI=1S/C21H20ClN5O2/c22-17-4-2-1-3-16(17)21(28)27-11-9-26(10-12-27)18-8-7-15(13-23-18)19-24-20(29-25-19)14-5-6-14/h1-4,7-8,13-14H,5-6,9-12H2. The molecule has 1 aromatic carbocycles. The second-order valence-corrected chi connectivity index (χ2v) is 7.80. The molecule has 0 N–H and O–H groups in total. The number of hydrogen-bond acceptors (Lipinski definition) is 6. The van der Waals surface area contributed by atoms with Gasteiger partial charge in [0.2, 0.25) is 11.7 Å². The minimum absolute atomic E-state index is 0.0258. The van der Waals surface area contributed by atoms with Gasteiger partial charge in [-0.2, -0.15) is 4.98 Å². The van der Waals surface area contributed by atoms with E-state index < -0.39 is 0 Å². The van der Waals surface area contributed by atoms with Gasteiger partial charge >= 0.3 is 0 Å². The quantitative estimate of drug-likeness (QED) is 0.655. The van der Waals surface area contributed by atoms with Crippen LogP contribution in [-0.2, 0) is 0 Å². The number of carbonyl (C=O) groups is 1. The molecule has 0 radical (unpaired) electrons. The molecule has 1 aliphatic heterocycles. The van der Waals surface area contributed by atoms with Crippen LogP contribution >= 0.6 is 11.6 Å².